The quantitative estimate of drug-likeness (QED) is 0.541. The van der Waals surface area contributed by atoms with Gasteiger partial charge in [-0.25, -0.2) is 0 Å². The minimum atomic E-state index is 0.825. The van der Waals surface area contributed by atoms with Gasteiger partial charge in [-0.2, -0.15) is 0 Å². The van der Waals surface area contributed by atoms with Crippen LogP contribution in [0.1, 0.15) is 12.8 Å². The molecule has 74 valence electrons. The fourth-order valence-corrected chi connectivity index (χ4v) is 1.84. The van der Waals surface area contributed by atoms with E-state index < -0.39 is 0 Å². The summed E-state index contributed by atoms with van der Waals surface area (Å²) in [6.07, 6.45) is 2.58. The lowest BCUT2D eigenvalue weighted by Gasteiger charge is -2.23. The fourth-order valence-electron chi connectivity index (χ4n) is 1.84. The molecule has 0 amide bonds. The van der Waals surface area contributed by atoms with Gasteiger partial charge in [0, 0.05) is 13.1 Å². The molecule has 2 heterocycles. The molecule has 0 radical (unpaired) electrons. The predicted octanol–water partition coefficient (Wildman–Crippen LogP) is -0.465. The Morgan fingerprint density at radius 3 is 2.85 bits per heavy atom. The Morgan fingerprint density at radius 2 is 2.15 bits per heavy atom. The van der Waals surface area contributed by atoms with Gasteiger partial charge in [-0.05, 0) is 31.8 Å². The van der Waals surface area contributed by atoms with Crippen molar-refractivity contribution in [1.29, 1.82) is 0 Å². The van der Waals surface area contributed by atoms with Gasteiger partial charge >= 0.3 is 0 Å². The van der Waals surface area contributed by atoms with E-state index in [0.717, 1.165) is 31.5 Å². The molecule has 4 nitrogen and oxygen atoms in total. The van der Waals surface area contributed by atoms with Gasteiger partial charge in [0.2, 0.25) is 0 Å². The molecular formula is C9H18N4. The van der Waals surface area contributed by atoms with Crippen molar-refractivity contribution in [3.05, 3.63) is 0 Å². The lowest BCUT2D eigenvalue weighted by atomic mass is 9.98. The van der Waals surface area contributed by atoms with Crippen LogP contribution < -0.4 is 16.0 Å². The lowest BCUT2D eigenvalue weighted by Crippen LogP contribution is -2.39. The zero-order chi connectivity index (χ0) is 8.93. The summed E-state index contributed by atoms with van der Waals surface area (Å²) in [6.45, 7) is 5.34. The summed E-state index contributed by atoms with van der Waals surface area (Å²) in [4.78, 5) is 4.30. The molecule has 1 fully saturated rings. The molecule has 0 bridgehead atoms. The highest BCUT2D eigenvalue weighted by molar-refractivity contribution is 5.81. The van der Waals surface area contributed by atoms with Crippen LogP contribution in [-0.2, 0) is 0 Å². The summed E-state index contributed by atoms with van der Waals surface area (Å²) < 4.78 is 0. The van der Waals surface area contributed by atoms with Gasteiger partial charge in [0.05, 0.1) is 6.54 Å². The first-order valence-corrected chi connectivity index (χ1v) is 5.18. The van der Waals surface area contributed by atoms with E-state index in [-0.39, 0.29) is 0 Å². The molecule has 0 aliphatic carbocycles. The molecule has 1 saturated heterocycles. The van der Waals surface area contributed by atoms with Crippen molar-refractivity contribution in [2.75, 3.05) is 32.7 Å². The van der Waals surface area contributed by atoms with Crippen molar-refractivity contribution in [3.63, 3.8) is 0 Å². The van der Waals surface area contributed by atoms with Gasteiger partial charge in [0.15, 0.2) is 5.96 Å². The summed E-state index contributed by atoms with van der Waals surface area (Å²) in [5.41, 5.74) is 0. The molecule has 0 aromatic carbocycles. The van der Waals surface area contributed by atoms with Crippen molar-refractivity contribution < 1.29 is 0 Å². The van der Waals surface area contributed by atoms with Gasteiger partial charge < -0.3 is 16.0 Å². The molecule has 2 aliphatic heterocycles. The van der Waals surface area contributed by atoms with E-state index in [9.17, 15) is 0 Å². The Hall–Kier alpha value is -0.770. The molecule has 0 aromatic rings. The first-order valence-electron chi connectivity index (χ1n) is 5.18. The highest BCUT2D eigenvalue weighted by Crippen LogP contribution is 2.09. The van der Waals surface area contributed by atoms with Gasteiger partial charge in [-0.3, -0.25) is 4.99 Å². The molecular weight excluding hydrogens is 164 g/mol. The number of rotatable bonds is 2. The highest BCUT2D eigenvalue weighted by atomic mass is 15.2. The molecule has 2 aliphatic rings. The molecule has 4 heteroatoms. The van der Waals surface area contributed by atoms with E-state index in [1.165, 1.54) is 25.9 Å². The summed E-state index contributed by atoms with van der Waals surface area (Å²) >= 11 is 0. The monoisotopic (exact) mass is 182 g/mol. The number of piperidine rings is 1. The zero-order valence-electron chi connectivity index (χ0n) is 7.97. The van der Waals surface area contributed by atoms with Gasteiger partial charge in [0.1, 0.15) is 0 Å². The van der Waals surface area contributed by atoms with Crippen LogP contribution in [0.2, 0.25) is 0 Å². The van der Waals surface area contributed by atoms with Crippen LogP contribution in [0.4, 0.5) is 0 Å². The average molecular weight is 182 g/mol. The Bertz CT molecular complexity index is 184. The second kappa shape index (κ2) is 4.46. The Labute approximate surface area is 79.2 Å². The van der Waals surface area contributed by atoms with Crippen LogP contribution in [0.5, 0.6) is 0 Å². The first kappa shape index (κ1) is 8.81. The Kier molecular flexibility index (Phi) is 3.02. The second-order valence-corrected chi connectivity index (χ2v) is 3.73. The lowest BCUT2D eigenvalue weighted by molar-refractivity contribution is 0.371. The van der Waals surface area contributed by atoms with E-state index in [1.807, 2.05) is 0 Å². The van der Waals surface area contributed by atoms with Crippen LogP contribution in [-0.4, -0.2) is 38.7 Å². The molecule has 13 heavy (non-hydrogen) atoms. The minimum Gasteiger partial charge on any atom is -0.356 e. The van der Waals surface area contributed by atoms with Crippen LogP contribution in [0.25, 0.3) is 0 Å². The van der Waals surface area contributed by atoms with Crippen LogP contribution >= 0.6 is 0 Å². The molecule has 0 atom stereocenters. The molecule has 3 N–H and O–H groups in total. The molecule has 0 spiro atoms. The normalized spacial score (nSPS) is 23.8. The van der Waals surface area contributed by atoms with Gasteiger partial charge in [-0.1, -0.05) is 0 Å². The van der Waals surface area contributed by atoms with Crippen LogP contribution in [0, 0.1) is 5.92 Å². The Balaban J connectivity index is 1.66. The molecule has 0 saturated carbocycles. The third-order valence-corrected chi connectivity index (χ3v) is 2.69. The van der Waals surface area contributed by atoms with E-state index >= 15 is 0 Å². The van der Waals surface area contributed by atoms with Crippen LogP contribution in [0.3, 0.4) is 0 Å². The van der Waals surface area contributed by atoms with Crippen molar-refractivity contribution in [2.45, 2.75) is 12.8 Å². The van der Waals surface area contributed by atoms with E-state index in [4.69, 9.17) is 0 Å². The number of aliphatic imine (C=N–C) groups is 1. The highest BCUT2D eigenvalue weighted by Gasteiger charge is 2.13. The predicted molar refractivity (Wildman–Crippen MR) is 53.9 cm³/mol. The average Bonchev–Trinajstić information content (AvgIpc) is 2.69. The molecule has 0 aromatic heterocycles. The van der Waals surface area contributed by atoms with Crippen LogP contribution in [0.15, 0.2) is 4.99 Å². The Morgan fingerprint density at radius 1 is 1.31 bits per heavy atom. The number of nitrogens with zero attached hydrogens (tertiary/aromatic N) is 1. The van der Waals surface area contributed by atoms with Crippen molar-refractivity contribution in [3.8, 4) is 0 Å². The third kappa shape index (κ3) is 2.59. The minimum absolute atomic E-state index is 0.825. The van der Waals surface area contributed by atoms with Crippen molar-refractivity contribution in [1.82, 2.24) is 16.0 Å². The van der Waals surface area contributed by atoms with Gasteiger partial charge in [-0.15, -0.1) is 0 Å². The summed E-state index contributed by atoms with van der Waals surface area (Å²) in [6, 6.07) is 0. The smallest absolute Gasteiger partial charge is 0.191 e. The largest absolute Gasteiger partial charge is 0.356 e. The fraction of sp³-hybridized carbons (Fsp3) is 0.889. The summed E-state index contributed by atoms with van der Waals surface area (Å²) in [5.74, 6) is 1.82. The van der Waals surface area contributed by atoms with E-state index in [2.05, 4.69) is 20.9 Å². The maximum absolute atomic E-state index is 4.30. The summed E-state index contributed by atoms with van der Waals surface area (Å²) in [7, 11) is 0. The number of nitrogens with one attached hydrogen (secondary N) is 3. The topological polar surface area (TPSA) is 48.4 Å². The van der Waals surface area contributed by atoms with Gasteiger partial charge in [0.25, 0.3) is 0 Å². The molecule has 2 rings (SSSR count). The molecule has 0 unspecified atom stereocenters. The summed E-state index contributed by atoms with van der Waals surface area (Å²) in [5, 5.41) is 9.95. The standard InChI is InChI=1S/C9H18N4/c1-3-10-4-2-8(1)7-13-9-11-5-6-12-9/h8,10H,1-7H2,(H2,11,12,13). The van der Waals surface area contributed by atoms with Crippen molar-refractivity contribution in [2.24, 2.45) is 10.9 Å². The number of hydrogen-bond acceptors (Lipinski definition) is 4. The number of hydrogen-bond donors (Lipinski definition) is 3. The van der Waals surface area contributed by atoms with E-state index in [0.29, 0.717) is 0 Å². The SMILES string of the molecule is C1CNC(NCC2CCNCC2)=N1. The first-order chi connectivity index (χ1) is 6.45. The zero-order valence-corrected chi connectivity index (χ0v) is 7.97. The maximum Gasteiger partial charge on any atom is 0.191 e. The maximum atomic E-state index is 4.30. The number of guanidine groups is 1. The van der Waals surface area contributed by atoms with E-state index in [1.54, 1.807) is 0 Å². The second-order valence-electron chi connectivity index (χ2n) is 3.73. The van der Waals surface area contributed by atoms with Crippen molar-refractivity contribution >= 4 is 5.96 Å². The third-order valence-electron chi connectivity index (χ3n) is 2.69.